The van der Waals surface area contributed by atoms with E-state index in [2.05, 4.69) is 58.7 Å². The number of anilines is 1. The molecule has 102 valence electrons. The summed E-state index contributed by atoms with van der Waals surface area (Å²) in [5, 5.41) is 3.52. The molecule has 0 spiro atoms. The van der Waals surface area contributed by atoms with Gasteiger partial charge in [-0.05, 0) is 35.7 Å². The number of hydrogen-bond acceptors (Lipinski definition) is 2. The average Bonchev–Trinajstić information content (AvgIpc) is 3.08. The van der Waals surface area contributed by atoms with Crippen molar-refractivity contribution >= 4 is 5.69 Å². The lowest BCUT2D eigenvalue weighted by Gasteiger charge is -2.17. The molecule has 1 atom stereocenters. The zero-order valence-electron chi connectivity index (χ0n) is 11.7. The summed E-state index contributed by atoms with van der Waals surface area (Å²) in [5.41, 5.74) is 5.86. The lowest BCUT2D eigenvalue weighted by atomic mass is 9.98. The van der Waals surface area contributed by atoms with Gasteiger partial charge in [-0.2, -0.15) is 0 Å². The Bertz CT molecular complexity index is 595. The molecule has 0 bridgehead atoms. The summed E-state index contributed by atoms with van der Waals surface area (Å²) < 4.78 is 0. The van der Waals surface area contributed by atoms with Crippen molar-refractivity contribution in [2.45, 2.75) is 25.4 Å². The Labute approximate surface area is 120 Å². The van der Waals surface area contributed by atoms with E-state index in [0.717, 1.165) is 19.6 Å². The minimum atomic E-state index is 0.676. The normalized spacial score (nSPS) is 20.5. The summed E-state index contributed by atoms with van der Waals surface area (Å²) in [6.07, 6.45) is 1.25. The van der Waals surface area contributed by atoms with Gasteiger partial charge in [0, 0.05) is 31.2 Å². The summed E-state index contributed by atoms with van der Waals surface area (Å²) in [6.45, 7) is 4.53. The summed E-state index contributed by atoms with van der Waals surface area (Å²) in [5.74, 6) is 0.676. The van der Waals surface area contributed by atoms with Crippen molar-refractivity contribution in [1.29, 1.82) is 0 Å². The minimum Gasteiger partial charge on any atom is -0.384 e. The van der Waals surface area contributed by atoms with Gasteiger partial charge in [-0.15, -0.1) is 0 Å². The second-order valence-electron chi connectivity index (χ2n) is 5.93. The van der Waals surface area contributed by atoms with Gasteiger partial charge in [0.25, 0.3) is 0 Å². The van der Waals surface area contributed by atoms with E-state index in [1.165, 1.54) is 35.3 Å². The Hall–Kier alpha value is -1.80. The first kappa shape index (κ1) is 12.0. The van der Waals surface area contributed by atoms with Gasteiger partial charge in [0.2, 0.25) is 0 Å². The smallest absolute Gasteiger partial charge is 0.0376 e. The van der Waals surface area contributed by atoms with Gasteiger partial charge in [0.05, 0.1) is 0 Å². The monoisotopic (exact) mass is 264 g/mol. The maximum absolute atomic E-state index is 3.52. The largest absolute Gasteiger partial charge is 0.384 e. The molecule has 2 aliphatic heterocycles. The molecular weight excluding hydrogens is 244 g/mol. The molecule has 2 nitrogen and oxygen atoms in total. The van der Waals surface area contributed by atoms with Gasteiger partial charge in [-0.3, -0.25) is 4.90 Å². The van der Waals surface area contributed by atoms with E-state index in [-0.39, 0.29) is 0 Å². The predicted octanol–water partition coefficient (Wildman–Crippen LogP) is 3.60. The highest BCUT2D eigenvalue weighted by molar-refractivity contribution is 5.57. The van der Waals surface area contributed by atoms with Gasteiger partial charge in [-0.25, -0.2) is 0 Å². The molecule has 20 heavy (non-hydrogen) atoms. The average molecular weight is 264 g/mol. The van der Waals surface area contributed by atoms with Crippen molar-refractivity contribution < 1.29 is 0 Å². The molecule has 0 aromatic heterocycles. The third-order valence-electron chi connectivity index (χ3n) is 4.64. The van der Waals surface area contributed by atoms with Crippen molar-refractivity contribution in [1.82, 2.24) is 4.90 Å². The molecule has 0 saturated heterocycles. The zero-order chi connectivity index (χ0) is 13.4. The fraction of sp³-hybridized carbons (Fsp3) is 0.333. The number of nitrogens with one attached hydrogen (secondary N) is 1. The van der Waals surface area contributed by atoms with Crippen molar-refractivity contribution in [2.75, 3.05) is 18.4 Å². The lowest BCUT2D eigenvalue weighted by molar-refractivity contribution is 0.273. The summed E-state index contributed by atoms with van der Waals surface area (Å²) >= 11 is 0. The topological polar surface area (TPSA) is 15.3 Å². The van der Waals surface area contributed by atoms with Crippen molar-refractivity contribution in [3.63, 3.8) is 0 Å². The Morgan fingerprint density at radius 1 is 0.950 bits per heavy atom. The molecule has 0 aliphatic carbocycles. The first-order valence-electron chi connectivity index (χ1n) is 7.52. The van der Waals surface area contributed by atoms with Crippen LogP contribution < -0.4 is 5.32 Å². The second kappa shape index (κ2) is 4.95. The Morgan fingerprint density at radius 2 is 1.65 bits per heavy atom. The van der Waals surface area contributed by atoms with Crippen molar-refractivity contribution in [3.05, 3.63) is 65.2 Å². The number of para-hydroxylation sites is 1. The SMILES string of the molecule is c1ccc2c(c1)CN(CCC1CNc3ccccc31)C2. The van der Waals surface area contributed by atoms with E-state index in [1.54, 1.807) is 0 Å². The molecule has 2 heteroatoms. The van der Waals surface area contributed by atoms with Gasteiger partial charge in [-0.1, -0.05) is 42.5 Å². The molecule has 1 unspecified atom stereocenters. The van der Waals surface area contributed by atoms with Crippen LogP contribution in [0.2, 0.25) is 0 Å². The maximum Gasteiger partial charge on any atom is 0.0376 e. The molecular formula is C18H20N2. The van der Waals surface area contributed by atoms with Gasteiger partial charge < -0.3 is 5.32 Å². The standard InChI is InChI=1S/C18H20N2/c1-2-6-16-13-20(12-15(16)5-1)10-9-14-11-19-18-8-4-3-7-17(14)18/h1-8,14,19H,9-13H2. The molecule has 2 heterocycles. The third-order valence-corrected chi connectivity index (χ3v) is 4.64. The molecule has 0 fully saturated rings. The highest BCUT2D eigenvalue weighted by Crippen LogP contribution is 2.34. The maximum atomic E-state index is 3.52. The van der Waals surface area contributed by atoms with Crippen LogP contribution in [0.25, 0.3) is 0 Å². The van der Waals surface area contributed by atoms with E-state index in [4.69, 9.17) is 0 Å². The van der Waals surface area contributed by atoms with E-state index >= 15 is 0 Å². The van der Waals surface area contributed by atoms with Crippen LogP contribution in [0.4, 0.5) is 5.69 Å². The van der Waals surface area contributed by atoms with Crippen LogP contribution in [0.15, 0.2) is 48.5 Å². The second-order valence-corrected chi connectivity index (χ2v) is 5.93. The van der Waals surface area contributed by atoms with Crippen molar-refractivity contribution in [3.8, 4) is 0 Å². The molecule has 2 aliphatic rings. The van der Waals surface area contributed by atoms with E-state index in [9.17, 15) is 0 Å². The highest BCUT2D eigenvalue weighted by Gasteiger charge is 2.24. The Morgan fingerprint density at radius 3 is 2.45 bits per heavy atom. The molecule has 0 radical (unpaired) electrons. The molecule has 0 amide bonds. The van der Waals surface area contributed by atoms with Gasteiger partial charge in [0.1, 0.15) is 0 Å². The Balaban J connectivity index is 1.39. The predicted molar refractivity (Wildman–Crippen MR) is 82.8 cm³/mol. The molecule has 1 N–H and O–H groups in total. The van der Waals surface area contributed by atoms with E-state index < -0.39 is 0 Å². The third kappa shape index (κ3) is 2.10. The van der Waals surface area contributed by atoms with Crippen LogP contribution in [0.5, 0.6) is 0 Å². The van der Waals surface area contributed by atoms with Gasteiger partial charge >= 0.3 is 0 Å². The number of fused-ring (bicyclic) bond motifs is 2. The fourth-order valence-electron chi connectivity index (χ4n) is 3.51. The molecule has 4 rings (SSSR count). The van der Waals surface area contributed by atoms with Crippen LogP contribution in [-0.2, 0) is 13.1 Å². The van der Waals surface area contributed by atoms with Crippen molar-refractivity contribution in [2.24, 2.45) is 0 Å². The molecule has 2 aromatic carbocycles. The summed E-state index contributed by atoms with van der Waals surface area (Å²) in [4.78, 5) is 2.58. The fourth-order valence-corrected chi connectivity index (χ4v) is 3.51. The van der Waals surface area contributed by atoms with Crippen LogP contribution in [0.3, 0.4) is 0 Å². The number of benzene rings is 2. The van der Waals surface area contributed by atoms with Crippen LogP contribution in [-0.4, -0.2) is 18.0 Å². The lowest BCUT2D eigenvalue weighted by Crippen LogP contribution is -2.20. The number of rotatable bonds is 3. The molecule has 2 aromatic rings. The summed E-state index contributed by atoms with van der Waals surface area (Å²) in [7, 11) is 0. The first-order valence-corrected chi connectivity index (χ1v) is 7.52. The Kier molecular flexibility index (Phi) is 2.96. The van der Waals surface area contributed by atoms with Crippen LogP contribution in [0.1, 0.15) is 29.0 Å². The highest BCUT2D eigenvalue weighted by atomic mass is 15.1. The van der Waals surface area contributed by atoms with E-state index in [0.29, 0.717) is 5.92 Å². The summed E-state index contributed by atoms with van der Waals surface area (Å²) in [6, 6.07) is 17.6. The van der Waals surface area contributed by atoms with Crippen LogP contribution >= 0.6 is 0 Å². The van der Waals surface area contributed by atoms with Crippen LogP contribution in [0, 0.1) is 0 Å². The quantitative estimate of drug-likeness (QED) is 0.911. The number of hydrogen-bond donors (Lipinski definition) is 1. The zero-order valence-corrected chi connectivity index (χ0v) is 11.7. The van der Waals surface area contributed by atoms with Gasteiger partial charge in [0.15, 0.2) is 0 Å². The first-order chi connectivity index (χ1) is 9.90. The minimum absolute atomic E-state index is 0.676. The molecule has 0 saturated carbocycles. The van der Waals surface area contributed by atoms with E-state index in [1.807, 2.05) is 0 Å². The number of nitrogens with zero attached hydrogens (tertiary/aromatic N) is 1.